The summed E-state index contributed by atoms with van der Waals surface area (Å²) in [7, 11) is 0. The van der Waals surface area contributed by atoms with Gasteiger partial charge < -0.3 is 5.32 Å². The summed E-state index contributed by atoms with van der Waals surface area (Å²) in [6, 6.07) is 21.1. The Labute approximate surface area is 128 Å². The van der Waals surface area contributed by atoms with Gasteiger partial charge in [-0.25, -0.2) is 0 Å². The van der Waals surface area contributed by atoms with Gasteiger partial charge in [-0.2, -0.15) is 0 Å². The Morgan fingerprint density at radius 1 is 1.00 bits per heavy atom. The molecule has 2 aromatic carbocycles. The van der Waals surface area contributed by atoms with Crippen molar-refractivity contribution in [1.82, 2.24) is 5.32 Å². The quantitative estimate of drug-likeness (QED) is 0.852. The maximum absolute atomic E-state index is 3.78. The van der Waals surface area contributed by atoms with Crippen molar-refractivity contribution < 1.29 is 0 Å². The summed E-state index contributed by atoms with van der Waals surface area (Å²) in [6.07, 6.45) is 3.68. The van der Waals surface area contributed by atoms with E-state index in [0.717, 1.165) is 12.3 Å². The average Bonchev–Trinajstić information content (AvgIpc) is 2.45. The fourth-order valence-corrected chi connectivity index (χ4v) is 3.29. The molecule has 0 spiro atoms. The lowest BCUT2D eigenvalue weighted by Crippen LogP contribution is -2.45. The summed E-state index contributed by atoms with van der Waals surface area (Å²) in [5.74, 6) is 0.757. The molecule has 2 aromatic rings. The highest BCUT2D eigenvalue weighted by molar-refractivity contribution is 5.27. The van der Waals surface area contributed by atoms with Gasteiger partial charge in [-0.15, -0.1) is 0 Å². The Kier molecular flexibility index (Phi) is 4.40. The van der Waals surface area contributed by atoms with Crippen LogP contribution < -0.4 is 5.32 Å². The molecular weight excluding hydrogens is 254 g/mol. The lowest BCUT2D eigenvalue weighted by Gasteiger charge is -2.38. The normalized spacial score (nSPS) is 22.6. The highest BCUT2D eigenvalue weighted by Crippen LogP contribution is 2.37. The van der Waals surface area contributed by atoms with Gasteiger partial charge in [0.05, 0.1) is 0 Å². The standard InChI is InChI=1S/C20H25N/c1-15-8-10-18(11-9-15)19-13-20(14-19)21-16(2)12-17-6-4-3-5-7-17/h3-11,16,19-21H,12-14H2,1-2H3. The number of nitrogens with one attached hydrogen (secondary N) is 1. The Morgan fingerprint density at radius 2 is 1.67 bits per heavy atom. The predicted molar refractivity (Wildman–Crippen MR) is 89.7 cm³/mol. The molecule has 110 valence electrons. The molecule has 0 heterocycles. The van der Waals surface area contributed by atoms with Crippen molar-refractivity contribution >= 4 is 0 Å². The first-order chi connectivity index (χ1) is 10.2. The summed E-state index contributed by atoms with van der Waals surface area (Å²) >= 11 is 0. The van der Waals surface area contributed by atoms with Crippen LogP contribution >= 0.6 is 0 Å². The third-order valence-electron chi connectivity index (χ3n) is 4.59. The number of rotatable bonds is 5. The largest absolute Gasteiger partial charge is 0.311 e. The monoisotopic (exact) mass is 279 g/mol. The molecule has 1 aliphatic rings. The highest BCUT2D eigenvalue weighted by atomic mass is 15.0. The van der Waals surface area contributed by atoms with Crippen LogP contribution in [-0.4, -0.2) is 12.1 Å². The Balaban J connectivity index is 1.45. The highest BCUT2D eigenvalue weighted by Gasteiger charge is 2.30. The van der Waals surface area contributed by atoms with Crippen molar-refractivity contribution in [3.05, 3.63) is 71.3 Å². The molecule has 1 heteroatoms. The van der Waals surface area contributed by atoms with Crippen molar-refractivity contribution in [3.8, 4) is 0 Å². The van der Waals surface area contributed by atoms with Crippen LogP contribution in [0.3, 0.4) is 0 Å². The van der Waals surface area contributed by atoms with Crippen LogP contribution in [0.25, 0.3) is 0 Å². The molecule has 1 atom stereocenters. The summed E-state index contributed by atoms with van der Waals surface area (Å²) < 4.78 is 0. The molecule has 0 saturated heterocycles. The number of hydrogen-bond donors (Lipinski definition) is 1. The Bertz CT molecular complexity index is 552. The van der Waals surface area contributed by atoms with Gasteiger partial charge in [0, 0.05) is 12.1 Å². The maximum Gasteiger partial charge on any atom is 0.00817 e. The van der Waals surface area contributed by atoms with Crippen molar-refractivity contribution in [1.29, 1.82) is 0 Å². The van der Waals surface area contributed by atoms with Gasteiger partial charge >= 0.3 is 0 Å². The molecule has 0 aliphatic heterocycles. The number of benzene rings is 2. The van der Waals surface area contributed by atoms with E-state index in [-0.39, 0.29) is 0 Å². The van der Waals surface area contributed by atoms with Gasteiger partial charge in [0.25, 0.3) is 0 Å². The molecule has 21 heavy (non-hydrogen) atoms. The van der Waals surface area contributed by atoms with Gasteiger partial charge in [-0.1, -0.05) is 60.2 Å². The van der Waals surface area contributed by atoms with E-state index in [1.165, 1.54) is 29.5 Å². The average molecular weight is 279 g/mol. The van der Waals surface area contributed by atoms with Crippen LogP contribution in [0.2, 0.25) is 0 Å². The molecule has 3 rings (SSSR count). The minimum Gasteiger partial charge on any atom is -0.311 e. The van der Waals surface area contributed by atoms with E-state index in [9.17, 15) is 0 Å². The van der Waals surface area contributed by atoms with Gasteiger partial charge in [0.2, 0.25) is 0 Å². The van der Waals surface area contributed by atoms with E-state index in [2.05, 4.69) is 73.8 Å². The second-order valence-electron chi connectivity index (χ2n) is 6.53. The molecule has 0 aromatic heterocycles. The first-order valence-corrected chi connectivity index (χ1v) is 8.07. The lowest BCUT2D eigenvalue weighted by molar-refractivity contribution is 0.269. The third kappa shape index (κ3) is 3.74. The zero-order valence-electron chi connectivity index (χ0n) is 13.0. The lowest BCUT2D eigenvalue weighted by atomic mass is 9.75. The van der Waals surface area contributed by atoms with Crippen molar-refractivity contribution in [2.45, 2.75) is 51.1 Å². The van der Waals surface area contributed by atoms with Crippen molar-refractivity contribution in [3.63, 3.8) is 0 Å². The third-order valence-corrected chi connectivity index (χ3v) is 4.59. The van der Waals surface area contributed by atoms with E-state index in [4.69, 9.17) is 0 Å². The topological polar surface area (TPSA) is 12.0 Å². The van der Waals surface area contributed by atoms with Gasteiger partial charge in [-0.3, -0.25) is 0 Å². The summed E-state index contributed by atoms with van der Waals surface area (Å²) in [5, 5.41) is 3.78. The van der Waals surface area contributed by atoms with Crippen LogP contribution in [-0.2, 0) is 6.42 Å². The van der Waals surface area contributed by atoms with Crippen LogP contribution in [0.1, 0.15) is 42.4 Å². The SMILES string of the molecule is Cc1ccc(C2CC(NC(C)Cc3ccccc3)C2)cc1. The van der Waals surface area contributed by atoms with Crippen molar-refractivity contribution in [2.75, 3.05) is 0 Å². The first-order valence-electron chi connectivity index (χ1n) is 8.07. The number of aryl methyl sites for hydroxylation is 1. The van der Waals surface area contributed by atoms with E-state index >= 15 is 0 Å². The zero-order chi connectivity index (χ0) is 14.7. The fraction of sp³-hybridized carbons (Fsp3) is 0.400. The molecule has 1 unspecified atom stereocenters. The minimum absolute atomic E-state index is 0.552. The van der Waals surface area contributed by atoms with Gasteiger partial charge in [0.1, 0.15) is 0 Å². The van der Waals surface area contributed by atoms with Gasteiger partial charge in [0.15, 0.2) is 0 Å². The molecule has 1 saturated carbocycles. The predicted octanol–water partition coefficient (Wildman–Crippen LogP) is 4.46. The zero-order valence-corrected chi connectivity index (χ0v) is 13.0. The molecule has 1 N–H and O–H groups in total. The second kappa shape index (κ2) is 6.44. The minimum atomic E-state index is 0.552. The molecule has 1 fully saturated rings. The van der Waals surface area contributed by atoms with E-state index in [1.54, 1.807) is 0 Å². The molecule has 0 amide bonds. The number of hydrogen-bond acceptors (Lipinski definition) is 1. The summed E-state index contributed by atoms with van der Waals surface area (Å²) in [4.78, 5) is 0. The van der Waals surface area contributed by atoms with Crippen LogP contribution in [0, 0.1) is 6.92 Å². The summed E-state index contributed by atoms with van der Waals surface area (Å²) in [5.41, 5.74) is 4.28. The maximum atomic E-state index is 3.78. The Morgan fingerprint density at radius 3 is 2.33 bits per heavy atom. The molecule has 1 aliphatic carbocycles. The molecule has 1 nitrogen and oxygen atoms in total. The van der Waals surface area contributed by atoms with E-state index in [1.807, 2.05) is 0 Å². The van der Waals surface area contributed by atoms with E-state index in [0.29, 0.717) is 12.1 Å². The van der Waals surface area contributed by atoms with Crippen molar-refractivity contribution in [2.24, 2.45) is 0 Å². The molecular formula is C20H25N. The van der Waals surface area contributed by atoms with Crippen LogP contribution in [0.4, 0.5) is 0 Å². The van der Waals surface area contributed by atoms with Gasteiger partial charge in [-0.05, 0) is 50.2 Å². The molecule has 0 radical (unpaired) electrons. The summed E-state index contributed by atoms with van der Waals surface area (Å²) in [6.45, 7) is 4.45. The fourth-order valence-electron chi connectivity index (χ4n) is 3.29. The smallest absolute Gasteiger partial charge is 0.00817 e. The van der Waals surface area contributed by atoms with E-state index < -0.39 is 0 Å². The molecule has 0 bridgehead atoms. The van der Waals surface area contributed by atoms with Crippen LogP contribution in [0.5, 0.6) is 0 Å². The van der Waals surface area contributed by atoms with Crippen LogP contribution in [0.15, 0.2) is 54.6 Å². The second-order valence-corrected chi connectivity index (χ2v) is 6.53. The Hall–Kier alpha value is -1.60. The first kappa shape index (κ1) is 14.3.